The first-order valence-electron chi connectivity index (χ1n) is 11.7. The second-order valence-corrected chi connectivity index (χ2v) is 8.79. The van der Waals surface area contributed by atoms with Crippen LogP contribution < -0.4 is 5.32 Å². The predicted molar refractivity (Wildman–Crippen MR) is 133 cm³/mol. The van der Waals surface area contributed by atoms with Crippen LogP contribution in [0.3, 0.4) is 0 Å². The number of likely N-dealkylation sites (tertiary alicyclic amines) is 1. The van der Waals surface area contributed by atoms with Gasteiger partial charge in [0.05, 0.1) is 34.4 Å². The number of amides is 1. The molecule has 2 aromatic carbocycles. The van der Waals surface area contributed by atoms with Crippen LogP contribution in [0.4, 0.5) is 10.1 Å². The number of halogens is 1. The summed E-state index contributed by atoms with van der Waals surface area (Å²) in [6.45, 7) is 4.59. The number of anilines is 1. The van der Waals surface area contributed by atoms with Gasteiger partial charge >= 0.3 is 0 Å². The number of pyridine rings is 2. The van der Waals surface area contributed by atoms with E-state index in [9.17, 15) is 9.18 Å². The van der Waals surface area contributed by atoms with Crippen molar-refractivity contribution in [2.75, 3.05) is 18.4 Å². The predicted octanol–water partition coefficient (Wildman–Crippen LogP) is 6.18. The zero-order valence-corrected chi connectivity index (χ0v) is 19.2. The van der Waals surface area contributed by atoms with Crippen LogP contribution in [-0.2, 0) is 6.54 Å². The summed E-state index contributed by atoms with van der Waals surface area (Å²) < 4.78 is 13.8. The molecule has 34 heavy (non-hydrogen) atoms. The third kappa shape index (κ3) is 4.82. The van der Waals surface area contributed by atoms with Gasteiger partial charge < -0.3 is 5.32 Å². The van der Waals surface area contributed by atoms with E-state index in [1.807, 2.05) is 48.5 Å². The quantitative estimate of drug-likeness (QED) is 0.378. The Bertz CT molecular complexity index is 1310. The van der Waals surface area contributed by atoms with Crippen molar-refractivity contribution in [2.45, 2.75) is 32.5 Å². The molecule has 1 amide bonds. The fraction of sp³-hybridized carbons (Fsp3) is 0.250. The van der Waals surface area contributed by atoms with Crippen molar-refractivity contribution >= 4 is 22.5 Å². The molecular formula is C28H27FN4O. The number of carbonyl (C=O) groups excluding carboxylic acids is 1. The number of aromatic nitrogens is 2. The highest BCUT2D eigenvalue weighted by Crippen LogP contribution is 2.27. The first kappa shape index (κ1) is 22.2. The molecule has 0 radical (unpaired) electrons. The molecule has 1 aliphatic rings. The molecule has 1 N–H and O–H groups in total. The molecule has 6 heteroatoms. The van der Waals surface area contributed by atoms with E-state index >= 15 is 0 Å². The molecule has 1 saturated heterocycles. The summed E-state index contributed by atoms with van der Waals surface area (Å²) in [5.74, 6) is -0.240. The van der Waals surface area contributed by atoms with Gasteiger partial charge in [0, 0.05) is 17.5 Å². The van der Waals surface area contributed by atoms with E-state index in [0.717, 1.165) is 36.3 Å². The first-order chi connectivity index (χ1) is 16.6. The number of fused-ring (bicyclic) bond motifs is 1. The maximum atomic E-state index is 13.8. The van der Waals surface area contributed by atoms with Crippen LogP contribution in [0.15, 0.2) is 72.9 Å². The Kier molecular flexibility index (Phi) is 6.32. The van der Waals surface area contributed by atoms with Crippen LogP contribution in [0.2, 0.25) is 0 Å². The van der Waals surface area contributed by atoms with Crippen LogP contribution in [0.5, 0.6) is 0 Å². The van der Waals surface area contributed by atoms with E-state index in [1.165, 1.54) is 19.8 Å². The standard InChI is InChI=1S/C28H27FN4O/c1-19(29)21-7-4-8-22(16-21)26-13-10-20-6-5-9-25(27(20)32-26)28(34)31-23-11-12-24(30-17-23)18-33-14-2-3-15-33/h4-13,16-17,19H,2-3,14-15,18H2,1H3,(H,31,34). The number of alkyl halides is 1. The fourth-order valence-corrected chi connectivity index (χ4v) is 4.40. The maximum Gasteiger partial charge on any atom is 0.257 e. The molecule has 0 aliphatic carbocycles. The second-order valence-electron chi connectivity index (χ2n) is 8.79. The lowest BCUT2D eigenvalue weighted by molar-refractivity contribution is 0.102. The van der Waals surface area contributed by atoms with Gasteiger partial charge in [-0.15, -0.1) is 0 Å². The van der Waals surface area contributed by atoms with Crippen LogP contribution in [0.25, 0.3) is 22.2 Å². The number of nitrogens with zero attached hydrogens (tertiary/aromatic N) is 3. The van der Waals surface area contributed by atoms with Crippen molar-refractivity contribution in [1.82, 2.24) is 14.9 Å². The molecule has 0 spiro atoms. The molecule has 172 valence electrons. The number of carbonyl (C=O) groups is 1. The van der Waals surface area contributed by atoms with Gasteiger partial charge in [0.2, 0.25) is 0 Å². The second kappa shape index (κ2) is 9.69. The van der Waals surface area contributed by atoms with Gasteiger partial charge in [-0.3, -0.25) is 14.7 Å². The van der Waals surface area contributed by atoms with Crippen molar-refractivity contribution < 1.29 is 9.18 Å². The minimum atomic E-state index is -1.06. The molecule has 1 aliphatic heterocycles. The average molecular weight is 455 g/mol. The Hall–Kier alpha value is -3.64. The zero-order chi connectivity index (χ0) is 23.5. The van der Waals surface area contributed by atoms with Gasteiger partial charge in [0.25, 0.3) is 5.91 Å². The van der Waals surface area contributed by atoms with Crippen molar-refractivity contribution in [3.05, 3.63) is 89.7 Å². The highest BCUT2D eigenvalue weighted by molar-refractivity contribution is 6.12. The molecule has 4 aromatic rings. The summed E-state index contributed by atoms with van der Waals surface area (Å²) in [4.78, 5) is 24.8. The molecule has 1 fully saturated rings. The molecule has 5 nitrogen and oxygen atoms in total. The Balaban J connectivity index is 1.39. The van der Waals surface area contributed by atoms with E-state index in [2.05, 4.69) is 15.2 Å². The minimum Gasteiger partial charge on any atom is -0.321 e. The highest BCUT2D eigenvalue weighted by Gasteiger charge is 2.15. The fourth-order valence-electron chi connectivity index (χ4n) is 4.40. The summed E-state index contributed by atoms with van der Waals surface area (Å²) in [5.41, 5.74) is 4.85. The lowest BCUT2D eigenvalue weighted by Gasteiger charge is -2.14. The number of hydrogen-bond acceptors (Lipinski definition) is 4. The molecule has 3 heterocycles. The van der Waals surface area contributed by atoms with Crippen LogP contribution >= 0.6 is 0 Å². The Morgan fingerprint density at radius 3 is 2.65 bits per heavy atom. The third-order valence-corrected chi connectivity index (χ3v) is 6.27. The van der Waals surface area contributed by atoms with Crippen molar-refractivity contribution in [2.24, 2.45) is 0 Å². The largest absolute Gasteiger partial charge is 0.321 e. The molecule has 0 saturated carbocycles. The summed E-state index contributed by atoms with van der Waals surface area (Å²) in [6, 6.07) is 20.5. The van der Waals surface area contributed by atoms with Crippen LogP contribution in [0, 0.1) is 0 Å². The highest BCUT2D eigenvalue weighted by atomic mass is 19.1. The Morgan fingerprint density at radius 1 is 1.06 bits per heavy atom. The number of benzene rings is 2. The molecule has 1 unspecified atom stereocenters. The summed E-state index contributed by atoms with van der Waals surface area (Å²) in [5, 5.41) is 3.82. The Labute approximate surface area is 198 Å². The van der Waals surface area contributed by atoms with Gasteiger partial charge in [0.1, 0.15) is 6.17 Å². The summed E-state index contributed by atoms with van der Waals surface area (Å²) in [6.07, 6.45) is 3.14. The molecule has 5 rings (SSSR count). The minimum absolute atomic E-state index is 0.240. The van der Waals surface area contributed by atoms with E-state index in [1.54, 1.807) is 24.4 Å². The average Bonchev–Trinajstić information content (AvgIpc) is 3.37. The van der Waals surface area contributed by atoms with Gasteiger partial charge in [-0.2, -0.15) is 0 Å². The first-order valence-corrected chi connectivity index (χ1v) is 11.7. The van der Waals surface area contributed by atoms with Crippen LogP contribution in [-0.4, -0.2) is 33.9 Å². The van der Waals surface area contributed by atoms with Gasteiger partial charge in [0.15, 0.2) is 0 Å². The van der Waals surface area contributed by atoms with Crippen molar-refractivity contribution in [3.63, 3.8) is 0 Å². The lowest BCUT2D eigenvalue weighted by atomic mass is 10.0. The summed E-state index contributed by atoms with van der Waals surface area (Å²) in [7, 11) is 0. The van der Waals surface area contributed by atoms with Gasteiger partial charge in [-0.25, -0.2) is 9.37 Å². The third-order valence-electron chi connectivity index (χ3n) is 6.27. The van der Waals surface area contributed by atoms with E-state index in [0.29, 0.717) is 28.0 Å². The summed E-state index contributed by atoms with van der Waals surface area (Å²) >= 11 is 0. The lowest BCUT2D eigenvalue weighted by Crippen LogP contribution is -2.19. The normalized spacial score (nSPS) is 14.9. The maximum absolute atomic E-state index is 13.8. The zero-order valence-electron chi connectivity index (χ0n) is 19.2. The van der Waals surface area contributed by atoms with E-state index in [-0.39, 0.29) is 5.91 Å². The number of para-hydroxylation sites is 1. The number of hydrogen-bond donors (Lipinski definition) is 1. The van der Waals surface area contributed by atoms with Gasteiger partial charge in [-0.05, 0) is 68.8 Å². The SMILES string of the molecule is CC(F)c1cccc(-c2ccc3cccc(C(=O)Nc4ccc(CN5CCCC5)nc4)c3n2)c1. The van der Waals surface area contributed by atoms with Crippen molar-refractivity contribution in [3.8, 4) is 11.3 Å². The molecular weight excluding hydrogens is 427 g/mol. The molecule has 1 atom stereocenters. The van der Waals surface area contributed by atoms with Gasteiger partial charge in [-0.1, -0.05) is 36.4 Å². The monoisotopic (exact) mass is 454 g/mol. The molecule has 0 bridgehead atoms. The van der Waals surface area contributed by atoms with E-state index in [4.69, 9.17) is 4.98 Å². The van der Waals surface area contributed by atoms with E-state index < -0.39 is 6.17 Å². The number of nitrogens with one attached hydrogen (secondary N) is 1. The molecule has 2 aromatic heterocycles. The smallest absolute Gasteiger partial charge is 0.257 e. The van der Waals surface area contributed by atoms with Crippen LogP contribution in [0.1, 0.15) is 47.6 Å². The number of rotatable bonds is 6. The topological polar surface area (TPSA) is 58.1 Å². The Morgan fingerprint density at radius 2 is 1.88 bits per heavy atom. The van der Waals surface area contributed by atoms with Crippen molar-refractivity contribution in [1.29, 1.82) is 0 Å².